The Labute approximate surface area is 216 Å². The normalized spacial score (nSPS) is 16.7. The Hall–Kier alpha value is -4.20. The number of methoxy groups -OCH3 is 1. The lowest BCUT2D eigenvalue weighted by Gasteiger charge is -2.25. The summed E-state index contributed by atoms with van der Waals surface area (Å²) < 4.78 is 22.4. The van der Waals surface area contributed by atoms with Crippen LogP contribution in [0.4, 0.5) is 0 Å². The standard InChI is InChI=1S/C29H31NO7/c1-4-6-15-37-23-14-11-20(17-24(23)34-3)26-25(27(31)19-9-12-21(13-10-19)35-5-2)28(32)29(33)30(26)18-22-8-7-16-36-22/h7-14,16-17,26,31H,4-6,15,18H2,1-3H3/b27-25+. The van der Waals surface area contributed by atoms with Crippen LogP contribution in [0.15, 0.2) is 70.9 Å². The zero-order valence-corrected chi connectivity index (χ0v) is 21.2. The van der Waals surface area contributed by atoms with Crippen molar-refractivity contribution in [2.75, 3.05) is 20.3 Å². The van der Waals surface area contributed by atoms with Crippen molar-refractivity contribution in [2.24, 2.45) is 0 Å². The maximum atomic E-state index is 13.3. The number of amides is 1. The van der Waals surface area contributed by atoms with E-state index in [1.807, 2.05) is 6.92 Å². The largest absolute Gasteiger partial charge is 0.507 e. The molecule has 4 rings (SSSR count). The number of aliphatic hydroxyl groups is 1. The highest BCUT2D eigenvalue weighted by Crippen LogP contribution is 2.42. The van der Waals surface area contributed by atoms with Gasteiger partial charge in [0.15, 0.2) is 11.5 Å². The van der Waals surface area contributed by atoms with Gasteiger partial charge in [0.05, 0.1) is 44.7 Å². The van der Waals surface area contributed by atoms with Crippen molar-refractivity contribution >= 4 is 17.4 Å². The van der Waals surface area contributed by atoms with Gasteiger partial charge in [0.1, 0.15) is 17.3 Å². The number of nitrogens with zero attached hydrogens (tertiary/aromatic N) is 1. The lowest BCUT2D eigenvalue weighted by Crippen LogP contribution is -2.29. The molecule has 3 aromatic rings. The van der Waals surface area contributed by atoms with E-state index < -0.39 is 17.7 Å². The number of likely N-dealkylation sites (tertiary alicyclic amines) is 1. The van der Waals surface area contributed by atoms with E-state index in [0.717, 1.165) is 12.8 Å². The lowest BCUT2D eigenvalue weighted by atomic mass is 9.95. The molecule has 1 fully saturated rings. The molecule has 0 saturated carbocycles. The molecule has 1 saturated heterocycles. The Morgan fingerprint density at radius 3 is 2.46 bits per heavy atom. The topological polar surface area (TPSA) is 98.4 Å². The number of ketones is 1. The first-order valence-corrected chi connectivity index (χ1v) is 12.3. The molecule has 37 heavy (non-hydrogen) atoms. The maximum absolute atomic E-state index is 13.3. The van der Waals surface area contributed by atoms with Gasteiger partial charge in [-0.25, -0.2) is 0 Å². The van der Waals surface area contributed by atoms with Gasteiger partial charge in [-0.1, -0.05) is 19.4 Å². The van der Waals surface area contributed by atoms with E-state index in [-0.39, 0.29) is 17.9 Å². The molecule has 1 amide bonds. The smallest absolute Gasteiger partial charge is 0.296 e. The summed E-state index contributed by atoms with van der Waals surface area (Å²) in [6.07, 6.45) is 3.40. The molecule has 0 aliphatic carbocycles. The minimum atomic E-state index is -0.865. The van der Waals surface area contributed by atoms with Gasteiger partial charge in [-0.2, -0.15) is 0 Å². The van der Waals surface area contributed by atoms with Crippen LogP contribution < -0.4 is 14.2 Å². The summed E-state index contributed by atoms with van der Waals surface area (Å²) in [4.78, 5) is 27.9. The monoisotopic (exact) mass is 505 g/mol. The average molecular weight is 506 g/mol. The highest BCUT2D eigenvalue weighted by atomic mass is 16.5. The summed E-state index contributed by atoms with van der Waals surface area (Å²) in [6, 6.07) is 14.6. The number of ether oxygens (including phenoxy) is 3. The van der Waals surface area contributed by atoms with Crippen molar-refractivity contribution in [3.05, 3.63) is 83.3 Å². The summed E-state index contributed by atoms with van der Waals surface area (Å²) in [5.74, 6) is 0.418. The number of hydrogen-bond donors (Lipinski definition) is 1. The van der Waals surface area contributed by atoms with Gasteiger partial charge < -0.3 is 28.6 Å². The Morgan fingerprint density at radius 1 is 1.03 bits per heavy atom. The number of carbonyl (C=O) groups excluding carboxylic acids is 2. The van der Waals surface area contributed by atoms with Gasteiger partial charge >= 0.3 is 0 Å². The van der Waals surface area contributed by atoms with Crippen molar-refractivity contribution in [2.45, 2.75) is 39.3 Å². The van der Waals surface area contributed by atoms with Crippen LogP contribution in [-0.4, -0.2) is 42.0 Å². The Bertz CT molecular complexity index is 1260. The van der Waals surface area contributed by atoms with E-state index in [9.17, 15) is 14.7 Å². The molecule has 0 bridgehead atoms. The summed E-state index contributed by atoms with van der Waals surface area (Å²) >= 11 is 0. The number of hydrogen-bond acceptors (Lipinski definition) is 7. The molecule has 2 aromatic carbocycles. The molecule has 8 heteroatoms. The Kier molecular flexibility index (Phi) is 8.18. The van der Waals surface area contributed by atoms with E-state index in [2.05, 4.69) is 6.92 Å². The molecule has 1 aromatic heterocycles. The summed E-state index contributed by atoms with van der Waals surface area (Å²) in [5.41, 5.74) is 0.983. The first-order valence-electron chi connectivity index (χ1n) is 12.3. The van der Waals surface area contributed by atoms with Crippen molar-refractivity contribution in [1.82, 2.24) is 4.90 Å². The van der Waals surface area contributed by atoms with Crippen LogP contribution in [0.2, 0.25) is 0 Å². The second kappa shape index (κ2) is 11.7. The highest BCUT2D eigenvalue weighted by Gasteiger charge is 2.46. The van der Waals surface area contributed by atoms with Gasteiger partial charge in [0.25, 0.3) is 11.7 Å². The number of aliphatic hydroxyl groups excluding tert-OH is 1. The number of Topliss-reactive ketones (excluding diaryl/α,β-unsaturated/α-hetero) is 1. The predicted molar refractivity (Wildman–Crippen MR) is 138 cm³/mol. The van der Waals surface area contributed by atoms with Crippen molar-refractivity contribution < 1.29 is 33.3 Å². The van der Waals surface area contributed by atoms with Crippen molar-refractivity contribution in [3.63, 3.8) is 0 Å². The fraction of sp³-hybridized carbons (Fsp3) is 0.310. The van der Waals surface area contributed by atoms with Gasteiger partial charge in [0, 0.05) is 5.56 Å². The number of rotatable bonds is 11. The van der Waals surface area contributed by atoms with E-state index in [4.69, 9.17) is 18.6 Å². The van der Waals surface area contributed by atoms with E-state index in [1.165, 1.54) is 18.3 Å². The molecular formula is C29H31NO7. The first kappa shape index (κ1) is 25.9. The number of benzene rings is 2. The number of carbonyl (C=O) groups is 2. The fourth-order valence-electron chi connectivity index (χ4n) is 4.29. The molecule has 194 valence electrons. The molecule has 0 spiro atoms. The number of unbranched alkanes of at least 4 members (excludes halogenated alkanes) is 1. The van der Waals surface area contributed by atoms with Gasteiger partial charge in [0.2, 0.25) is 0 Å². The predicted octanol–water partition coefficient (Wildman–Crippen LogP) is 5.49. The molecule has 1 aliphatic heterocycles. The SMILES string of the molecule is CCCCOc1ccc(C2/C(=C(\O)c3ccc(OCC)cc3)C(=O)C(=O)N2Cc2ccco2)cc1OC. The van der Waals surface area contributed by atoms with Crippen LogP contribution in [0.3, 0.4) is 0 Å². The molecule has 1 aliphatic rings. The molecule has 0 radical (unpaired) electrons. The third kappa shape index (κ3) is 5.48. The minimum absolute atomic E-state index is 0.0116. The van der Waals surface area contributed by atoms with E-state index in [0.29, 0.717) is 47.3 Å². The van der Waals surface area contributed by atoms with Crippen LogP contribution in [0.1, 0.15) is 49.6 Å². The highest BCUT2D eigenvalue weighted by molar-refractivity contribution is 6.46. The van der Waals surface area contributed by atoms with E-state index >= 15 is 0 Å². The summed E-state index contributed by atoms with van der Waals surface area (Å²) in [7, 11) is 1.53. The summed E-state index contributed by atoms with van der Waals surface area (Å²) in [6.45, 7) is 5.06. The van der Waals surface area contributed by atoms with Crippen molar-refractivity contribution in [1.29, 1.82) is 0 Å². The molecular weight excluding hydrogens is 474 g/mol. The average Bonchev–Trinajstić information content (AvgIpc) is 3.51. The van der Waals surface area contributed by atoms with Gasteiger partial charge in [-0.3, -0.25) is 9.59 Å². The first-order chi connectivity index (χ1) is 18.0. The molecule has 8 nitrogen and oxygen atoms in total. The van der Waals surface area contributed by atoms with E-state index in [1.54, 1.807) is 54.6 Å². The minimum Gasteiger partial charge on any atom is -0.507 e. The zero-order valence-electron chi connectivity index (χ0n) is 21.2. The van der Waals surface area contributed by atoms with Crippen LogP contribution in [0.5, 0.6) is 17.2 Å². The van der Waals surface area contributed by atoms with Gasteiger partial charge in [-0.05, 0) is 67.4 Å². The molecule has 1 atom stereocenters. The summed E-state index contributed by atoms with van der Waals surface area (Å²) in [5, 5.41) is 11.3. The van der Waals surface area contributed by atoms with Crippen LogP contribution in [0, 0.1) is 0 Å². The fourth-order valence-corrected chi connectivity index (χ4v) is 4.29. The van der Waals surface area contributed by atoms with Crippen LogP contribution >= 0.6 is 0 Å². The third-order valence-electron chi connectivity index (χ3n) is 6.14. The molecule has 1 unspecified atom stereocenters. The number of furan rings is 1. The van der Waals surface area contributed by atoms with Crippen LogP contribution in [0.25, 0.3) is 5.76 Å². The molecule has 2 heterocycles. The maximum Gasteiger partial charge on any atom is 0.296 e. The van der Waals surface area contributed by atoms with Crippen LogP contribution in [-0.2, 0) is 16.1 Å². The van der Waals surface area contributed by atoms with Gasteiger partial charge in [-0.15, -0.1) is 0 Å². The third-order valence-corrected chi connectivity index (χ3v) is 6.14. The second-order valence-corrected chi connectivity index (χ2v) is 8.58. The van der Waals surface area contributed by atoms with Crippen molar-refractivity contribution in [3.8, 4) is 17.2 Å². The Balaban J connectivity index is 1.80. The Morgan fingerprint density at radius 2 is 1.81 bits per heavy atom. The quantitative estimate of drug-likeness (QED) is 0.159. The molecule has 1 N–H and O–H groups in total. The zero-order chi connectivity index (χ0) is 26.4. The second-order valence-electron chi connectivity index (χ2n) is 8.58. The lowest BCUT2D eigenvalue weighted by molar-refractivity contribution is -0.140.